The highest BCUT2D eigenvalue weighted by Gasteiger charge is 2.29. The molecule has 6 heteroatoms. The number of rotatable bonds is 6. The fourth-order valence-corrected chi connectivity index (χ4v) is 3.05. The molecule has 0 bridgehead atoms. The van der Waals surface area contributed by atoms with Crippen molar-refractivity contribution in [3.05, 3.63) is 30.1 Å². The highest BCUT2D eigenvalue weighted by molar-refractivity contribution is 7.92. The number of carbonyl (C=O) groups is 1. The molecule has 1 aromatic heterocycles. The number of sulfone groups is 1. The maximum absolute atomic E-state index is 12.4. The second-order valence-electron chi connectivity index (χ2n) is 6.70. The summed E-state index contributed by atoms with van der Waals surface area (Å²) >= 11 is 0. The van der Waals surface area contributed by atoms with Crippen LogP contribution in [0.3, 0.4) is 0 Å². The van der Waals surface area contributed by atoms with Crippen molar-refractivity contribution in [3.8, 4) is 0 Å². The first-order chi connectivity index (χ1) is 10.1. The largest absolute Gasteiger partial charge is 0.354 e. The van der Waals surface area contributed by atoms with Crippen molar-refractivity contribution < 1.29 is 13.2 Å². The second-order valence-corrected chi connectivity index (χ2v) is 9.56. The number of hydrogen-bond acceptors (Lipinski definition) is 4. The van der Waals surface area contributed by atoms with Crippen LogP contribution in [0.4, 0.5) is 0 Å². The molecule has 1 N–H and O–H groups in total. The average molecular weight is 326 g/mol. The van der Waals surface area contributed by atoms with Crippen molar-refractivity contribution in [1.82, 2.24) is 10.3 Å². The summed E-state index contributed by atoms with van der Waals surface area (Å²) in [5, 5.41) is 2.73. The number of amides is 1. The monoisotopic (exact) mass is 326 g/mol. The molecule has 0 aliphatic carbocycles. The van der Waals surface area contributed by atoms with Crippen LogP contribution in [0, 0.1) is 5.92 Å². The van der Waals surface area contributed by atoms with Gasteiger partial charge in [0.25, 0.3) is 0 Å². The maximum atomic E-state index is 12.4. The molecule has 124 valence electrons. The van der Waals surface area contributed by atoms with E-state index in [1.807, 2.05) is 26.0 Å². The van der Waals surface area contributed by atoms with Crippen LogP contribution in [-0.4, -0.2) is 36.4 Å². The number of hydrogen-bond donors (Lipinski definition) is 1. The Morgan fingerprint density at radius 3 is 2.36 bits per heavy atom. The van der Waals surface area contributed by atoms with Crippen molar-refractivity contribution in [1.29, 1.82) is 0 Å². The number of pyridine rings is 1. The van der Waals surface area contributed by atoms with Gasteiger partial charge in [0.2, 0.25) is 5.91 Å². The Balaban J connectivity index is 2.71. The minimum absolute atomic E-state index is 0.0602. The molecule has 1 aromatic rings. The van der Waals surface area contributed by atoms with Gasteiger partial charge in [-0.15, -0.1) is 0 Å². The first-order valence-electron chi connectivity index (χ1n) is 7.47. The fourth-order valence-electron chi connectivity index (χ4n) is 2.06. The van der Waals surface area contributed by atoms with E-state index in [0.29, 0.717) is 5.69 Å². The van der Waals surface area contributed by atoms with Crippen LogP contribution in [0.5, 0.6) is 0 Å². The van der Waals surface area contributed by atoms with E-state index >= 15 is 0 Å². The van der Waals surface area contributed by atoms with Crippen LogP contribution in [0.1, 0.15) is 46.2 Å². The third kappa shape index (κ3) is 4.80. The molecule has 0 saturated carbocycles. The van der Waals surface area contributed by atoms with Crippen molar-refractivity contribution in [3.63, 3.8) is 0 Å². The predicted molar refractivity (Wildman–Crippen MR) is 88.4 cm³/mol. The van der Waals surface area contributed by atoms with E-state index in [1.165, 1.54) is 0 Å². The summed E-state index contributed by atoms with van der Waals surface area (Å²) < 4.78 is 23.3. The van der Waals surface area contributed by atoms with Gasteiger partial charge < -0.3 is 5.32 Å². The third-order valence-corrected chi connectivity index (χ3v) is 6.17. The highest BCUT2D eigenvalue weighted by Crippen LogP contribution is 2.22. The molecule has 0 aliphatic rings. The van der Waals surface area contributed by atoms with Crippen molar-refractivity contribution in [2.45, 2.75) is 45.3 Å². The Morgan fingerprint density at radius 1 is 1.27 bits per heavy atom. The maximum Gasteiger partial charge on any atom is 0.229 e. The molecule has 22 heavy (non-hydrogen) atoms. The van der Waals surface area contributed by atoms with E-state index in [-0.39, 0.29) is 30.0 Å². The van der Waals surface area contributed by atoms with E-state index in [1.54, 1.807) is 33.0 Å². The quantitative estimate of drug-likeness (QED) is 0.869. The molecule has 0 aliphatic heterocycles. The van der Waals surface area contributed by atoms with Gasteiger partial charge in [-0.3, -0.25) is 9.78 Å². The smallest absolute Gasteiger partial charge is 0.229 e. The van der Waals surface area contributed by atoms with Crippen LogP contribution >= 0.6 is 0 Å². The van der Waals surface area contributed by atoms with Gasteiger partial charge >= 0.3 is 0 Å². The summed E-state index contributed by atoms with van der Waals surface area (Å²) in [6.07, 6.45) is 1.65. The number of aromatic nitrogens is 1. The molecule has 1 atom stereocenters. The molecule has 1 amide bonds. The van der Waals surface area contributed by atoms with Gasteiger partial charge in [0.05, 0.1) is 22.1 Å². The second kappa shape index (κ2) is 7.22. The Labute approximate surface area is 133 Å². The van der Waals surface area contributed by atoms with Gasteiger partial charge in [-0.05, 0) is 38.8 Å². The van der Waals surface area contributed by atoms with Gasteiger partial charge in [-0.2, -0.15) is 0 Å². The van der Waals surface area contributed by atoms with E-state index < -0.39 is 14.6 Å². The standard InChI is InChI=1S/C16H26N2O3S/c1-12(2)14(13-8-6-7-9-17-13)15(19)18-10-11-22(20,21)16(3,4)5/h6-9,12,14H,10-11H2,1-5H3,(H,18,19). The highest BCUT2D eigenvalue weighted by atomic mass is 32.2. The van der Waals surface area contributed by atoms with Crippen LogP contribution in [0.25, 0.3) is 0 Å². The molecule has 0 fully saturated rings. The third-order valence-electron chi connectivity index (χ3n) is 3.56. The first kappa shape index (κ1) is 18.6. The molecule has 0 radical (unpaired) electrons. The zero-order chi connectivity index (χ0) is 17.0. The van der Waals surface area contributed by atoms with E-state index in [0.717, 1.165) is 0 Å². The van der Waals surface area contributed by atoms with Crippen molar-refractivity contribution >= 4 is 15.7 Å². The lowest BCUT2D eigenvalue weighted by atomic mass is 9.91. The normalized spacial score (nSPS) is 13.9. The summed E-state index contributed by atoms with van der Waals surface area (Å²) in [4.78, 5) is 16.6. The topological polar surface area (TPSA) is 76.1 Å². The van der Waals surface area contributed by atoms with E-state index in [4.69, 9.17) is 0 Å². The van der Waals surface area contributed by atoms with Crippen LogP contribution in [-0.2, 0) is 14.6 Å². The average Bonchev–Trinajstić information content (AvgIpc) is 2.38. The molecule has 1 rings (SSSR count). The lowest BCUT2D eigenvalue weighted by Crippen LogP contribution is -2.39. The molecular weight excluding hydrogens is 300 g/mol. The summed E-state index contributed by atoms with van der Waals surface area (Å²) in [5.41, 5.74) is 0.702. The van der Waals surface area contributed by atoms with Gasteiger partial charge in [-0.25, -0.2) is 8.42 Å². The number of nitrogens with one attached hydrogen (secondary N) is 1. The predicted octanol–water partition coefficient (Wildman–Crippen LogP) is 2.15. The molecule has 0 spiro atoms. The van der Waals surface area contributed by atoms with Gasteiger partial charge in [0, 0.05) is 12.7 Å². The zero-order valence-corrected chi connectivity index (χ0v) is 14.8. The molecule has 5 nitrogen and oxygen atoms in total. The zero-order valence-electron chi connectivity index (χ0n) is 14.0. The Morgan fingerprint density at radius 2 is 1.91 bits per heavy atom. The Bertz CT molecular complexity index is 590. The minimum Gasteiger partial charge on any atom is -0.354 e. The van der Waals surface area contributed by atoms with Crippen molar-refractivity contribution in [2.24, 2.45) is 5.92 Å². The molecule has 1 unspecified atom stereocenters. The Kier molecular flexibility index (Phi) is 6.11. The number of carbonyl (C=O) groups excluding carboxylic acids is 1. The van der Waals surface area contributed by atoms with Gasteiger partial charge in [0.15, 0.2) is 9.84 Å². The SMILES string of the molecule is CC(C)C(C(=O)NCCS(=O)(=O)C(C)(C)C)c1ccccn1. The molecule has 1 heterocycles. The lowest BCUT2D eigenvalue weighted by molar-refractivity contribution is -0.123. The van der Waals surface area contributed by atoms with Crippen LogP contribution in [0.2, 0.25) is 0 Å². The Hall–Kier alpha value is -1.43. The van der Waals surface area contributed by atoms with Gasteiger partial charge in [0.1, 0.15) is 0 Å². The minimum atomic E-state index is -3.23. The van der Waals surface area contributed by atoms with Crippen LogP contribution < -0.4 is 5.32 Å². The van der Waals surface area contributed by atoms with E-state index in [2.05, 4.69) is 10.3 Å². The molecule has 0 aromatic carbocycles. The molecular formula is C16H26N2O3S. The summed E-state index contributed by atoms with van der Waals surface area (Å²) in [6, 6.07) is 5.46. The van der Waals surface area contributed by atoms with Crippen LogP contribution in [0.15, 0.2) is 24.4 Å². The number of nitrogens with zero attached hydrogens (tertiary/aromatic N) is 1. The fraction of sp³-hybridized carbons (Fsp3) is 0.625. The summed E-state index contributed by atoms with van der Waals surface area (Å²) in [6.45, 7) is 9.00. The lowest BCUT2D eigenvalue weighted by Gasteiger charge is -2.22. The first-order valence-corrected chi connectivity index (χ1v) is 9.12. The van der Waals surface area contributed by atoms with E-state index in [9.17, 15) is 13.2 Å². The summed E-state index contributed by atoms with van der Waals surface area (Å²) in [7, 11) is -3.23. The molecule has 0 saturated heterocycles. The van der Waals surface area contributed by atoms with Crippen molar-refractivity contribution in [2.75, 3.05) is 12.3 Å². The summed E-state index contributed by atoms with van der Waals surface area (Å²) in [5.74, 6) is -0.541. The van der Waals surface area contributed by atoms with Gasteiger partial charge in [-0.1, -0.05) is 19.9 Å².